The van der Waals surface area contributed by atoms with Crippen molar-refractivity contribution in [3.8, 4) is 0 Å². The van der Waals surface area contributed by atoms with Crippen molar-refractivity contribution in [1.82, 2.24) is 9.78 Å². The van der Waals surface area contributed by atoms with Gasteiger partial charge in [0.2, 0.25) is 0 Å². The van der Waals surface area contributed by atoms with Crippen molar-refractivity contribution >= 4 is 16.7 Å². The molecule has 0 atom stereocenters. The first-order chi connectivity index (χ1) is 5.68. The fourth-order valence-electron chi connectivity index (χ4n) is 1.33. The predicted octanol–water partition coefficient (Wildman–Crippen LogP) is 1.46. The molecule has 3 heteroatoms. The van der Waals surface area contributed by atoms with Gasteiger partial charge in [-0.05, 0) is 19.1 Å². The van der Waals surface area contributed by atoms with Crippen LogP contribution in [0.4, 0.5) is 5.82 Å². The molecular formula is C9H11N3. The van der Waals surface area contributed by atoms with Gasteiger partial charge in [-0.25, -0.2) is 0 Å². The maximum atomic E-state index is 5.81. The second kappa shape index (κ2) is 2.24. The van der Waals surface area contributed by atoms with Gasteiger partial charge in [-0.1, -0.05) is 11.6 Å². The van der Waals surface area contributed by atoms with Gasteiger partial charge in [0.25, 0.3) is 0 Å². The van der Waals surface area contributed by atoms with Crippen molar-refractivity contribution in [3.63, 3.8) is 0 Å². The van der Waals surface area contributed by atoms with Crippen LogP contribution >= 0.6 is 0 Å². The molecule has 12 heavy (non-hydrogen) atoms. The Morgan fingerprint density at radius 1 is 1.42 bits per heavy atom. The van der Waals surface area contributed by atoms with E-state index in [9.17, 15) is 0 Å². The summed E-state index contributed by atoms with van der Waals surface area (Å²) in [7, 11) is 1.85. The standard InChI is InChI=1S/C9H11N3/c1-6-3-4-8-7(5-6)9(10)12(2)11-8/h3-5H,10H2,1-2H3. The highest BCUT2D eigenvalue weighted by atomic mass is 15.3. The molecule has 0 saturated carbocycles. The Morgan fingerprint density at radius 2 is 2.17 bits per heavy atom. The van der Waals surface area contributed by atoms with Gasteiger partial charge in [0.1, 0.15) is 5.82 Å². The molecule has 0 aliphatic heterocycles. The number of anilines is 1. The number of hydrogen-bond donors (Lipinski definition) is 1. The van der Waals surface area contributed by atoms with E-state index in [2.05, 4.69) is 11.2 Å². The van der Waals surface area contributed by atoms with Gasteiger partial charge in [-0.3, -0.25) is 4.68 Å². The summed E-state index contributed by atoms with van der Waals surface area (Å²) < 4.78 is 1.70. The highest BCUT2D eigenvalue weighted by Crippen LogP contribution is 2.20. The van der Waals surface area contributed by atoms with Crippen LogP contribution in [0.2, 0.25) is 0 Å². The Bertz CT molecular complexity index is 429. The second-order valence-electron chi connectivity index (χ2n) is 3.03. The number of hydrogen-bond acceptors (Lipinski definition) is 2. The van der Waals surface area contributed by atoms with Crippen LogP contribution in [0.3, 0.4) is 0 Å². The summed E-state index contributed by atoms with van der Waals surface area (Å²) in [5.41, 5.74) is 7.98. The van der Waals surface area contributed by atoms with Gasteiger partial charge in [-0.2, -0.15) is 5.10 Å². The third kappa shape index (κ3) is 0.863. The molecule has 62 valence electrons. The summed E-state index contributed by atoms with van der Waals surface area (Å²) in [6.45, 7) is 2.05. The Morgan fingerprint density at radius 3 is 2.92 bits per heavy atom. The summed E-state index contributed by atoms with van der Waals surface area (Å²) in [6.07, 6.45) is 0. The van der Waals surface area contributed by atoms with Crippen LogP contribution in [-0.4, -0.2) is 9.78 Å². The smallest absolute Gasteiger partial charge is 0.129 e. The number of nitrogens with zero attached hydrogens (tertiary/aromatic N) is 2. The molecule has 2 N–H and O–H groups in total. The Balaban J connectivity index is 2.88. The first-order valence-electron chi connectivity index (χ1n) is 3.87. The van der Waals surface area contributed by atoms with Gasteiger partial charge < -0.3 is 5.73 Å². The Kier molecular flexibility index (Phi) is 1.33. The molecule has 1 heterocycles. The third-order valence-electron chi connectivity index (χ3n) is 2.03. The molecule has 0 spiro atoms. The van der Waals surface area contributed by atoms with Crippen LogP contribution in [0.15, 0.2) is 18.2 Å². The number of rotatable bonds is 0. The van der Waals surface area contributed by atoms with E-state index < -0.39 is 0 Å². The molecular weight excluding hydrogens is 150 g/mol. The second-order valence-corrected chi connectivity index (χ2v) is 3.03. The molecule has 0 radical (unpaired) electrons. The lowest BCUT2D eigenvalue weighted by Gasteiger charge is -1.92. The number of nitrogens with two attached hydrogens (primary N) is 1. The van der Waals surface area contributed by atoms with Crippen molar-refractivity contribution in [3.05, 3.63) is 23.8 Å². The summed E-state index contributed by atoms with van der Waals surface area (Å²) in [5, 5.41) is 5.28. The topological polar surface area (TPSA) is 43.8 Å². The van der Waals surface area contributed by atoms with Gasteiger partial charge in [0.05, 0.1) is 5.52 Å². The highest BCUT2D eigenvalue weighted by Gasteiger charge is 2.03. The fourth-order valence-corrected chi connectivity index (χ4v) is 1.33. The third-order valence-corrected chi connectivity index (χ3v) is 2.03. The number of aromatic nitrogens is 2. The van der Waals surface area contributed by atoms with Crippen LogP contribution in [0.5, 0.6) is 0 Å². The van der Waals surface area contributed by atoms with E-state index in [-0.39, 0.29) is 0 Å². The summed E-state index contributed by atoms with van der Waals surface area (Å²) in [6, 6.07) is 6.08. The zero-order valence-corrected chi connectivity index (χ0v) is 7.20. The highest BCUT2D eigenvalue weighted by molar-refractivity contribution is 5.89. The van der Waals surface area contributed by atoms with Crippen molar-refractivity contribution in [2.75, 3.05) is 5.73 Å². The molecule has 0 fully saturated rings. The minimum Gasteiger partial charge on any atom is -0.383 e. The summed E-state index contributed by atoms with van der Waals surface area (Å²) in [4.78, 5) is 0. The van der Waals surface area contributed by atoms with Crippen LogP contribution in [0.1, 0.15) is 5.56 Å². The van der Waals surface area contributed by atoms with E-state index in [1.807, 2.05) is 26.1 Å². The largest absolute Gasteiger partial charge is 0.383 e. The molecule has 2 rings (SSSR count). The van der Waals surface area contributed by atoms with Crippen LogP contribution < -0.4 is 5.73 Å². The van der Waals surface area contributed by atoms with Crippen molar-refractivity contribution < 1.29 is 0 Å². The maximum absolute atomic E-state index is 5.81. The van der Waals surface area contributed by atoms with Gasteiger partial charge in [-0.15, -0.1) is 0 Å². The zero-order valence-electron chi connectivity index (χ0n) is 7.20. The lowest BCUT2D eigenvalue weighted by atomic mass is 10.2. The number of aryl methyl sites for hydroxylation is 2. The van der Waals surface area contributed by atoms with E-state index in [1.165, 1.54) is 5.56 Å². The SMILES string of the molecule is Cc1ccc2nn(C)c(N)c2c1. The van der Waals surface area contributed by atoms with Crippen molar-refractivity contribution in [1.29, 1.82) is 0 Å². The Labute approximate surface area is 70.8 Å². The lowest BCUT2D eigenvalue weighted by molar-refractivity contribution is 0.791. The average molecular weight is 161 g/mol. The van der Waals surface area contributed by atoms with Gasteiger partial charge in [0.15, 0.2) is 0 Å². The van der Waals surface area contributed by atoms with Crippen LogP contribution in [0.25, 0.3) is 10.9 Å². The first kappa shape index (κ1) is 7.16. The number of benzene rings is 1. The average Bonchev–Trinajstić information content (AvgIpc) is 2.31. The molecule has 1 aromatic carbocycles. The van der Waals surface area contributed by atoms with Gasteiger partial charge in [0, 0.05) is 12.4 Å². The molecule has 0 amide bonds. The molecule has 0 aliphatic rings. The van der Waals surface area contributed by atoms with E-state index in [0.717, 1.165) is 16.7 Å². The first-order valence-corrected chi connectivity index (χ1v) is 3.87. The van der Waals surface area contributed by atoms with E-state index in [0.29, 0.717) is 0 Å². The maximum Gasteiger partial charge on any atom is 0.129 e. The predicted molar refractivity (Wildman–Crippen MR) is 49.9 cm³/mol. The molecule has 0 bridgehead atoms. The van der Waals surface area contributed by atoms with E-state index in [4.69, 9.17) is 5.73 Å². The number of nitrogen functional groups attached to an aromatic ring is 1. The molecule has 2 aromatic rings. The minimum absolute atomic E-state index is 0.730. The quantitative estimate of drug-likeness (QED) is 0.635. The summed E-state index contributed by atoms with van der Waals surface area (Å²) >= 11 is 0. The summed E-state index contributed by atoms with van der Waals surface area (Å²) in [5.74, 6) is 0.730. The normalized spacial score (nSPS) is 10.8. The Hall–Kier alpha value is -1.51. The fraction of sp³-hybridized carbons (Fsp3) is 0.222. The van der Waals surface area contributed by atoms with E-state index >= 15 is 0 Å². The van der Waals surface area contributed by atoms with E-state index in [1.54, 1.807) is 4.68 Å². The minimum atomic E-state index is 0.730. The molecule has 1 aromatic heterocycles. The van der Waals surface area contributed by atoms with Gasteiger partial charge >= 0.3 is 0 Å². The molecule has 0 unspecified atom stereocenters. The van der Waals surface area contributed by atoms with Crippen molar-refractivity contribution in [2.45, 2.75) is 6.92 Å². The van der Waals surface area contributed by atoms with Crippen LogP contribution in [-0.2, 0) is 7.05 Å². The zero-order chi connectivity index (χ0) is 8.72. The monoisotopic (exact) mass is 161 g/mol. The van der Waals surface area contributed by atoms with Crippen LogP contribution in [0, 0.1) is 6.92 Å². The number of fused-ring (bicyclic) bond motifs is 1. The van der Waals surface area contributed by atoms with Crippen molar-refractivity contribution in [2.24, 2.45) is 7.05 Å². The molecule has 0 aliphatic carbocycles. The lowest BCUT2D eigenvalue weighted by Crippen LogP contribution is -1.96. The molecule has 3 nitrogen and oxygen atoms in total. The molecule has 0 saturated heterocycles.